The minimum Gasteiger partial charge on any atom is -0.303 e. The molecule has 1 fully saturated rings. The van der Waals surface area contributed by atoms with Crippen molar-refractivity contribution in [3.63, 3.8) is 0 Å². The van der Waals surface area contributed by atoms with Gasteiger partial charge < -0.3 is 4.90 Å². The van der Waals surface area contributed by atoms with Crippen molar-refractivity contribution >= 4 is 15.9 Å². The molecule has 0 spiro atoms. The predicted octanol–water partition coefficient (Wildman–Crippen LogP) is 4.94. The average molecular weight is 318 g/mol. The van der Waals surface area contributed by atoms with E-state index in [9.17, 15) is 0 Å². The van der Waals surface area contributed by atoms with E-state index in [0.29, 0.717) is 10.8 Å². The van der Waals surface area contributed by atoms with Crippen LogP contribution in [0, 0.1) is 16.7 Å². The van der Waals surface area contributed by atoms with Crippen molar-refractivity contribution in [2.75, 3.05) is 18.9 Å². The van der Waals surface area contributed by atoms with E-state index in [1.165, 1.54) is 32.2 Å². The van der Waals surface area contributed by atoms with Crippen LogP contribution in [0.25, 0.3) is 0 Å². The molecular weight excluding hydrogens is 286 g/mol. The molecule has 1 rings (SSSR count). The number of nitrogens with zero attached hydrogens (tertiary/aromatic N) is 1. The molecule has 0 N–H and O–H groups in total. The molecule has 2 heteroatoms. The first-order valence-electron chi connectivity index (χ1n) is 7.42. The first-order valence-corrected chi connectivity index (χ1v) is 8.54. The molecule has 1 aliphatic rings. The maximum atomic E-state index is 3.70. The summed E-state index contributed by atoms with van der Waals surface area (Å²) in [6, 6.07) is 0.807. The first kappa shape index (κ1) is 16.5. The Kier molecular flexibility index (Phi) is 5.74. The lowest BCUT2D eigenvalue weighted by atomic mass is 9.75. The van der Waals surface area contributed by atoms with Gasteiger partial charge in [-0.25, -0.2) is 0 Å². The summed E-state index contributed by atoms with van der Waals surface area (Å²) in [5.41, 5.74) is 0.974. The van der Waals surface area contributed by atoms with Crippen LogP contribution in [0.3, 0.4) is 0 Å². The summed E-state index contributed by atoms with van der Waals surface area (Å²) in [5, 5.41) is 1.11. The highest BCUT2D eigenvalue weighted by Gasteiger charge is 2.31. The van der Waals surface area contributed by atoms with Crippen molar-refractivity contribution in [1.29, 1.82) is 0 Å². The van der Waals surface area contributed by atoms with Gasteiger partial charge in [0.25, 0.3) is 0 Å². The van der Waals surface area contributed by atoms with E-state index in [2.05, 4.69) is 62.5 Å². The highest BCUT2D eigenvalue weighted by Crippen LogP contribution is 2.37. The van der Waals surface area contributed by atoms with Gasteiger partial charge in [0.05, 0.1) is 0 Å². The Morgan fingerprint density at radius 3 is 2.11 bits per heavy atom. The highest BCUT2D eigenvalue weighted by atomic mass is 79.9. The largest absolute Gasteiger partial charge is 0.303 e. The van der Waals surface area contributed by atoms with Gasteiger partial charge in [-0.3, -0.25) is 0 Å². The summed E-state index contributed by atoms with van der Waals surface area (Å²) >= 11 is 3.70. The summed E-state index contributed by atoms with van der Waals surface area (Å²) in [6.07, 6.45) is 5.53. The maximum Gasteiger partial charge on any atom is 0.00927 e. The van der Waals surface area contributed by atoms with Gasteiger partial charge in [0.15, 0.2) is 0 Å². The molecule has 1 aliphatic carbocycles. The van der Waals surface area contributed by atoms with E-state index in [4.69, 9.17) is 0 Å². The predicted molar refractivity (Wildman–Crippen MR) is 85.4 cm³/mol. The second-order valence-electron chi connectivity index (χ2n) is 8.05. The van der Waals surface area contributed by atoms with Gasteiger partial charge in [-0.15, -0.1) is 0 Å². The molecule has 0 aromatic rings. The standard InChI is InChI=1S/C16H32BrN/c1-15(2,3)13(11-17)12-18(6)14-7-9-16(4,5)10-8-14/h13-14H,7-12H2,1-6H3. The fraction of sp³-hybridized carbons (Fsp3) is 1.00. The van der Waals surface area contributed by atoms with E-state index in [-0.39, 0.29) is 0 Å². The van der Waals surface area contributed by atoms with E-state index >= 15 is 0 Å². The molecule has 0 saturated heterocycles. The third-order valence-corrected chi connectivity index (χ3v) is 5.63. The van der Waals surface area contributed by atoms with Crippen LogP contribution in [-0.2, 0) is 0 Å². The molecule has 0 bridgehead atoms. The van der Waals surface area contributed by atoms with Gasteiger partial charge in [-0.05, 0) is 49.5 Å². The van der Waals surface area contributed by atoms with Crippen LogP contribution in [0.1, 0.15) is 60.3 Å². The minimum atomic E-state index is 0.395. The number of rotatable bonds is 4. The van der Waals surface area contributed by atoms with Crippen LogP contribution < -0.4 is 0 Å². The normalized spacial score (nSPS) is 23.3. The topological polar surface area (TPSA) is 3.24 Å². The smallest absolute Gasteiger partial charge is 0.00927 e. The number of hydrogen-bond acceptors (Lipinski definition) is 1. The number of halogens is 1. The first-order chi connectivity index (χ1) is 8.15. The Balaban J connectivity index is 2.48. The zero-order valence-electron chi connectivity index (χ0n) is 13.2. The fourth-order valence-electron chi connectivity index (χ4n) is 2.88. The van der Waals surface area contributed by atoms with Crippen molar-refractivity contribution < 1.29 is 0 Å². The fourth-order valence-corrected chi connectivity index (χ4v) is 4.05. The van der Waals surface area contributed by atoms with Gasteiger partial charge in [0.2, 0.25) is 0 Å². The lowest BCUT2D eigenvalue weighted by Gasteiger charge is -2.41. The molecule has 1 saturated carbocycles. The maximum absolute atomic E-state index is 3.70. The van der Waals surface area contributed by atoms with Gasteiger partial charge in [-0.2, -0.15) is 0 Å². The summed E-state index contributed by atoms with van der Waals surface area (Å²) in [4.78, 5) is 2.62. The van der Waals surface area contributed by atoms with Crippen LogP contribution in [0.2, 0.25) is 0 Å². The lowest BCUT2D eigenvalue weighted by Crippen LogP contribution is -2.42. The Labute approximate surface area is 123 Å². The second kappa shape index (κ2) is 6.26. The van der Waals surface area contributed by atoms with E-state index in [0.717, 1.165) is 17.3 Å². The molecule has 1 atom stereocenters. The third-order valence-electron chi connectivity index (χ3n) is 4.85. The summed E-state index contributed by atoms with van der Waals surface area (Å²) < 4.78 is 0. The molecular formula is C16H32BrN. The van der Waals surface area contributed by atoms with Crippen LogP contribution in [0.15, 0.2) is 0 Å². The molecule has 0 aromatic heterocycles. The highest BCUT2D eigenvalue weighted by molar-refractivity contribution is 9.09. The van der Waals surface area contributed by atoms with Gasteiger partial charge in [0, 0.05) is 17.9 Å². The van der Waals surface area contributed by atoms with Gasteiger partial charge in [0.1, 0.15) is 0 Å². The Morgan fingerprint density at radius 2 is 1.72 bits per heavy atom. The molecule has 0 radical (unpaired) electrons. The molecule has 1 nitrogen and oxygen atoms in total. The summed E-state index contributed by atoms with van der Waals surface area (Å²) in [5.74, 6) is 0.734. The van der Waals surface area contributed by atoms with E-state index in [1.807, 2.05) is 0 Å². The van der Waals surface area contributed by atoms with Crippen molar-refractivity contribution in [2.24, 2.45) is 16.7 Å². The lowest BCUT2D eigenvalue weighted by molar-refractivity contribution is 0.0959. The van der Waals surface area contributed by atoms with Crippen LogP contribution in [0.5, 0.6) is 0 Å². The van der Waals surface area contributed by atoms with Crippen LogP contribution in [-0.4, -0.2) is 29.9 Å². The summed E-state index contributed by atoms with van der Waals surface area (Å²) in [6.45, 7) is 13.1. The van der Waals surface area contributed by atoms with Crippen molar-refractivity contribution in [2.45, 2.75) is 66.3 Å². The Hall–Kier alpha value is 0.440. The van der Waals surface area contributed by atoms with Crippen molar-refractivity contribution in [1.82, 2.24) is 4.90 Å². The molecule has 18 heavy (non-hydrogen) atoms. The molecule has 0 aromatic carbocycles. The molecule has 1 unspecified atom stereocenters. The molecule has 0 amide bonds. The zero-order chi connectivity index (χ0) is 14.0. The van der Waals surface area contributed by atoms with Crippen LogP contribution in [0.4, 0.5) is 0 Å². The van der Waals surface area contributed by atoms with Crippen LogP contribution >= 0.6 is 15.9 Å². The number of alkyl halides is 1. The SMILES string of the molecule is CN(CC(CBr)C(C)(C)C)C1CCC(C)(C)CC1. The Bertz CT molecular complexity index is 244. The van der Waals surface area contributed by atoms with Gasteiger partial charge >= 0.3 is 0 Å². The molecule has 0 aliphatic heterocycles. The summed E-state index contributed by atoms with van der Waals surface area (Å²) in [7, 11) is 2.32. The van der Waals surface area contributed by atoms with E-state index in [1.54, 1.807) is 0 Å². The number of hydrogen-bond donors (Lipinski definition) is 0. The second-order valence-corrected chi connectivity index (χ2v) is 8.70. The minimum absolute atomic E-state index is 0.395. The van der Waals surface area contributed by atoms with Crippen molar-refractivity contribution in [3.05, 3.63) is 0 Å². The third kappa shape index (κ3) is 4.85. The van der Waals surface area contributed by atoms with E-state index < -0.39 is 0 Å². The average Bonchev–Trinajstić information content (AvgIpc) is 2.23. The van der Waals surface area contributed by atoms with Crippen molar-refractivity contribution in [3.8, 4) is 0 Å². The monoisotopic (exact) mass is 317 g/mol. The quantitative estimate of drug-likeness (QED) is 0.663. The molecule has 0 heterocycles. The molecule has 108 valence electrons. The van der Waals surface area contributed by atoms with Gasteiger partial charge in [-0.1, -0.05) is 50.5 Å². The Morgan fingerprint density at radius 1 is 1.22 bits per heavy atom. The zero-order valence-corrected chi connectivity index (χ0v) is 14.8.